The van der Waals surface area contributed by atoms with Gasteiger partial charge in [-0.2, -0.15) is 0 Å². The van der Waals surface area contributed by atoms with Crippen LogP contribution in [-0.2, 0) is 6.42 Å². The van der Waals surface area contributed by atoms with Crippen molar-refractivity contribution in [1.29, 1.82) is 0 Å². The summed E-state index contributed by atoms with van der Waals surface area (Å²) in [7, 11) is 0. The topological polar surface area (TPSA) is 69.5 Å². The molecule has 0 saturated carbocycles. The van der Waals surface area contributed by atoms with Crippen LogP contribution in [0.4, 0.5) is 0 Å². The minimum absolute atomic E-state index is 0. The number of aryl methyl sites for hydroxylation is 2. The van der Waals surface area contributed by atoms with E-state index in [1.54, 1.807) is 11.3 Å². The first-order valence-electron chi connectivity index (χ1n) is 9.09. The van der Waals surface area contributed by atoms with Crippen LogP contribution < -0.4 is 10.6 Å². The zero-order chi connectivity index (χ0) is 17.8. The van der Waals surface area contributed by atoms with Gasteiger partial charge in [0.05, 0.1) is 5.01 Å². The van der Waals surface area contributed by atoms with Crippen LogP contribution in [0.2, 0.25) is 0 Å². The van der Waals surface area contributed by atoms with Crippen molar-refractivity contribution in [2.45, 2.75) is 53.4 Å². The largest absolute Gasteiger partial charge is 0.396 e. The number of aromatic nitrogens is 1. The van der Waals surface area contributed by atoms with Gasteiger partial charge in [-0.15, -0.1) is 35.3 Å². The van der Waals surface area contributed by atoms with E-state index in [0.717, 1.165) is 57.0 Å². The van der Waals surface area contributed by atoms with Gasteiger partial charge in [-0.3, -0.25) is 4.99 Å². The summed E-state index contributed by atoms with van der Waals surface area (Å²) < 4.78 is 0. The van der Waals surface area contributed by atoms with Crippen LogP contribution in [-0.4, -0.2) is 42.3 Å². The monoisotopic (exact) mass is 482 g/mol. The smallest absolute Gasteiger partial charge is 0.191 e. The second-order valence-electron chi connectivity index (χ2n) is 6.64. The maximum absolute atomic E-state index is 9.22. The molecule has 1 rings (SSSR count). The SMILES string of the molecule is CCNC(=NCC(CCO)CC(C)C)NCCCc1nc(C)cs1.I. The molecule has 1 atom stereocenters. The van der Waals surface area contributed by atoms with Gasteiger partial charge in [-0.05, 0) is 44.9 Å². The molecule has 1 aromatic heterocycles. The van der Waals surface area contributed by atoms with Crippen molar-refractivity contribution in [3.8, 4) is 0 Å². The summed E-state index contributed by atoms with van der Waals surface area (Å²) >= 11 is 1.74. The highest BCUT2D eigenvalue weighted by atomic mass is 127. The molecule has 1 heterocycles. The number of guanidine groups is 1. The fraction of sp³-hybridized carbons (Fsp3) is 0.778. The van der Waals surface area contributed by atoms with E-state index in [4.69, 9.17) is 4.99 Å². The standard InChI is InChI=1S/C18H34N4OS.HI/c1-5-19-18(21-12-16(8-10-23)11-14(2)3)20-9-6-7-17-22-15(4)13-24-17;/h13-14,16,23H,5-12H2,1-4H3,(H2,19,20,21);1H. The molecule has 0 aliphatic carbocycles. The van der Waals surface area contributed by atoms with E-state index < -0.39 is 0 Å². The number of aliphatic hydroxyl groups is 1. The molecule has 0 spiro atoms. The first-order chi connectivity index (χ1) is 11.5. The van der Waals surface area contributed by atoms with Gasteiger partial charge in [0.25, 0.3) is 0 Å². The van der Waals surface area contributed by atoms with E-state index in [-0.39, 0.29) is 30.6 Å². The molecule has 3 N–H and O–H groups in total. The maximum atomic E-state index is 9.22. The second kappa shape index (κ2) is 14.7. The lowest BCUT2D eigenvalue weighted by atomic mass is 9.94. The zero-order valence-corrected chi connectivity index (χ0v) is 19.2. The van der Waals surface area contributed by atoms with Crippen LogP contribution in [0.25, 0.3) is 0 Å². The van der Waals surface area contributed by atoms with Crippen molar-refractivity contribution in [3.63, 3.8) is 0 Å². The molecule has 1 unspecified atom stereocenters. The van der Waals surface area contributed by atoms with Gasteiger partial charge in [-0.1, -0.05) is 13.8 Å². The molecule has 0 fully saturated rings. The van der Waals surface area contributed by atoms with Crippen molar-refractivity contribution in [2.75, 3.05) is 26.2 Å². The van der Waals surface area contributed by atoms with Crippen LogP contribution >= 0.6 is 35.3 Å². The molecule has 0 saturated heterocycles. The lowest BCUT2D eigenvalue weighted by Gasteiger charge is -2.17. The van der Waals surface area contributed by atoms with E-state index >= 15 is 0 Å². The summed E-state index contributed by atoms with van der Waals surface area (Å²) in [5.74, 6) is 1.96. The number of aliphatic imine (C=N–C) groups is 1. The van der Waals surface area contributed by atoms with Crippen molar-refractivity contribution >= 4 is 41.3 Å². The first kappa shape index (κ1) is 24.6. The third-order valence-electron chi connectivity index (χ3n) is 3.72. The molecular weight excluding hydrogens is 447 g/mol. The minimum atomic E-state index is 0. The fourth-order valence-electron chi connectivity index (χ4n) is 2.66. The lowest BCUT2D eigenvalue weighted by molar-refractivity contribution is 0.245. The summed E-state index contributed by atoms with van der Waals surface area (Å²) in [6.07, 6.45) is 3.98. The Labute approximate surface area is 174 Å². The van der Waals surface area contributed by atoms with Crippen molar-refractivity contribution in [2.24, 2.45) is 16.8 Å². The Balaban J connectivity index is 0.00000576. The molecule has 146 valence electrons. The Morgan fingerprint density at radius 2 is 2.12 bits per heavy atom. The number of thiazole rings is 1. The Morgan fingerprint density at radius 1 is 1.36 bits per heavy atom. The van der Waals surface area contributed by atoms with Gasteiger partial charge < -0.3 is 15.7 Å². The zero-order valence-electron chi connectivity index (χ0n) is 16.0. The highest BCUT2D eigenvalue weighted by Crippen LogP contribution is 2.15. The fourth-order valence-corrected chi connectivity index (χ4v) is 3.48. The molecule has 0 amide bonds. The van der Waals surface area contributed by atoms with Gasteiger partial charge >= 0.3 is 0 Å². The molecule has 7 heteroatoms. The predicted octanol–water partition coefficient (Wildman–Crippen LogP) is 3.60. The maximum Gasteiger partial charge on any atom is 0.191 e. The van der Waals surface area contributed by atoms with E-state index in [9.17, 15) is 5.11 Å². The molecule has 0 aliphatic rings. The minimum Gasteiger partial charge on any atom is -0.396 e. The van der Waals surface area contributed by atoms with Crippen molar-refractivity contribution in [3.05, 3.63) is 16.1 Å². The summed E-state index contributed by atoms with van der Waals surface area (Å²) in [6.45, 7) is 11.3. The third kappa shape index (κ3) is 11.8. The Hall–Kier alpha value is -0.410. The number of hydrogen-bond donors (Lipinski definition) is 3. The normalized spacial score (nSPS) is 12.8. The molecule has 25 heavy (non-hydrogen) atoms. The van der Waals surface area contributed by atoms with Gasteiger partial charge in [-0.25, -0.2) is 4.98 Å². The van der Waals surface area contributed by atoms with E-state index in [2.05, 4.69) is 41.8 Å². The van der Waals surface area contributed by atoms with Gasteiger partial charge in [0.2, 0.25) is 0 Å². The summed E-state index contributed by atoms with van der Waals surface area (Å²) in [5.41, 5.74) is 1.11. The van der Waals surface area contributed by atoms with E-state index in [1.807, 2.05) is 6.92 Å². The van der Waals surface area contributed by atoms with Crippen LogP contribution in [0.3, 0.4) is 0 Å². The van der Waals surface area contributed by atoms with Gasteiger partial charge in [0.1, 0.15) is 0 Å². The lowest BCUT2D eigenvalue weighted by Crippen LogP contribution is -2.38. The van der Waals surface area contributed by atoms with E-state index in [1.165, 1.54) is 5.01 Å². The average Bonchev–Trinajstić information content (AvgIpc) is 2.94. The number of nitrogens with zero attached hydrogens (tertiary/aromatic N) is 2. The van der Waals surface area contributed by atoms with Crippen LogP contribution in [0.15, 0.2) is 10.4 Å². The van der Waals surface area contributed by atoms with Crippen LogP contribution in [0.5, 0.6) is 0 Å². The quantitative estimate of drug-likeness (QED) is 0.195. The highest BCUT2D eigenvalue weighted by molar-refractivity contribution is 14.0. The highest BCUT2D eigenvalue weighted by Gasteiger charge is 2.10. The predicted molar refractivity (Wildman–Crippen MR) is 119 cm³/mol. The van der Waals surface area contributed by atoms with Gasteiger partial charge in [0, 0.05) is 43.7 Å². The molecule has 0 aromatic carbocycles. The van der Waals surface area contributed by atoms with Crippen LogP contribution in [0, 0.1) is 18.8 Å². The number of rotatable bonds is 11. The number of hydrogen-bond acceptors (Lipinski definition) is 4. The first-order valence-corrected chi connectivity index (χ1v) is 9.97. The second-order valence-corrected chi connectivity index (χ2v) is 7.58. The summed E-state index contributed by atoms with van der Waals surface area (Å²) in [5, 5.41) is 19.2. The number of aliphatic hydroxyl groups excluding tert-OH is 1. The molecular formula is C18H35IN4OS. The summed E-state index contributed by atoms with van der Waals surface area (Å²) in [4.78, 5) is 9.20. The van der Waals surface area contributed by atoms with Gasteiger partial charge in [0.15, 0.2) is 5.96 Å². The molecule has 0 radical (unpaired) electrons. The molecule has 5 nitrogen and oxygen atoms in total. The van der Waals surface area contributed by atoms with Crippen molar-refractivity contribution in [1.82, 2.24) is 15.6 Å². The Morgan fingerprint density at radius 3 is 2.68 bits per heavy atom. The van der Waals surface area contributed by atoms with Crippen LogP contribution in [0.1, 0.15) is 50.7 Å². The number of nitrogens with one attached hydrogen (secondary N) is 2. The third-order valence-corrected chi connectivity index (χ3v) is 4.75. The molecule has 0 bridgehead atoms. The average molecular weight is 482 g/mol. The van der Waals surface area contributed by atoms with Crippen molar-refractivity contribution < 1.29 is 5.11 Å². The molecule has 1 aromatic rings. The Kier molecular flexibility index (Phi) is 14.5. The Bertz CT molecular complexity index is 479. The summed E-state index contributed by atoms with van der Waals surface area (Å²) in [6, 6.07) is 0. The molecule has 0 aliphatic heterocycles. The van der Waals surface area contributed by atoms with E-state index in [0.29, 0.717) is 11.8 Å². The number of halogens is 1.